The summed E-state index contributed by atoms with van der Waals surface area (Å²) in [6, 6.07) is 8.09. The van der Waals surface area contributed by atoms with E-state index in [1.807, 2.05) is 0 Å². The van der Waals surface area contributed by atoms with Crippen molar-refractivity contribution in [2.24, 2.45) is 5.14 Å². The number of sulfonamides is 1. The number of amides is 1. The third kappa shape index (κ3) is 4.71. The lowest BCUT2D eigenvalue weighted by Gasteiger charge is -2.14. The number of benzene rings is 1. The van der Waals surface area contributed by atoms with Crippen molar-refractivity contribution in [3.8, 4) is 5.75 Å². The van der Waals surface area contributed by atoms with E-state index >= 15 is 0 Å². The van der Waals surface area contributed by atoms with Crippen LogP contribution >= 0.6 is 0 Å². The van der Waals surface area contributed by atoms with Gasteiger partial charge in [-0.05, 0) is 47.2 Å². The number of nitro groups is 1. The third-order valence-corrected chi connectivity index (χ3v) is 3.94. The highest BCUT2D eigenvalue weighted by Crippen LogP contribution is 2.24. The van der Waals surface area contributed by atoms with Gasteiger partial charge in [0, 0.05) is 5.69 Å². The van der Waals surface area contributed by atoms with Crippen LogP contribution in [-0.2, 0) is 14.8 Å². The number of primary sulfonamides is 1. The number of nitrogens with two attached hydrogens (primary N) is 1. The zero-order valence-corrected chi connectivity index (χ0v) is 13.8. The van der Waals surface area contributed by atoms with Gasteiger partial charge in [0.2, 0.25) is 15.8 Å². The van der Waals surface area contributed by atoms with Gasteiger partial charge in [-0.25, -0.2) is 13.6 Å². The Morgan fingerprint density at radius 2 is 2.08 bits per heavy atom. The van der Waals surface area contributed by atoms with E-state index in [0.717, 1.165) is 0 Å². The highest BCUT2D eigenvalue weighted by molar-refractivity contribution is 7.89. The minimum Gasteiger partial charge on any atom is -0.473 e. The van der Waals surface area contributed by atoms with Crippen LogP contribution in [0.5, 0.6) is 5.75 Å². The van der Waals surface area contributed by atoms with Crippen LogP contribution in [0.2, 0.25) is 0 Å². The van der Waals surface area contributed by atoms with E-state index in [-0.39, 0.29) is 16.3 Å². The van der Waals surface area contributed by atoms with E-state index < -0.39 is 32.8 Å². The van der Waals surface area contributed by atoms with Crippen LogP contribution in [0.25, 0.3) is 0 Å². The molecule has 2 rings (SSSR count). The summed E-state index contributed by atoms with van der Waals surface area (Å²) in [5, 5.41) is 18.4. The number of nitrogens with one attached hydrogen (secondary N) is 1. The molecule has 1 amide bonds. The first kappa shape index (κ1) is 18.3. The summed E-state index contributed by atoms with van der Waals surface area (Å²) in [6.45, 7) is 1.38. The summed E-state index contributed by atoms with van der Waals surface area (Å²) in [5.74, 6) is -1.31. The molecule has 1 atom stereocenters. The molecule has 1 aromatic heterocycles. The van der Waals surface area contributed by atoms with E-state index in [9.17, 15) is 23.3 Å². The summed E-state index contributed by atoms with van der Waals surface area (Å²) in [4.78, 5) is 25.7. The van der Waals surface area contributed by atoms with Gasteiger partial charge in [-0.1, -0.05) is 6.07 Å². The van der Waals surface area contributed by atoms with Crippen molar-refractivity contribution in [1.29, 1.82) is 0 Å². The van der Waals surface area contributed by atoms with Crippen LogP contribution < -0.4 is 15.2 Å². The van der Waals surface area contributed by atoms with Crippen molar-refractivity contribution in [1.82, 2.24) is 4.98 Å². The number of pyridine rings is 1. The predicted octanol–water partition coefficient (Wildman–Crippen LogP) is 1.04. The largest absolute Gasteiger partial charge is 0.473 e. The average Bonchev–Trinajstić information content (AvgIpc) is 2.54. The number of aromatic nitrogens is 1. The first-order valence-corrected chi connectivity index (χ1v) is 8.43. The molecule has 0 aliphatic heterocycles. The molecular formula is C14H14N4O6S. The Kier molecular flexibility index (Phi) is 5.29. The Hall–Kier alpha value is -3.05. The average molecular weight is 366 g/mol. The predicted molar refractivity (Wildman–Crippen MR) is 87.4 cm³/mol. The molecule has 11 heteroatoms. The summed E-state index contributed by atoms with van der Waals surface area (Å²) in [5.41, 5.74) is 0.188. The highest BCUT2D eigenvalue weighted by Gasteiger charge is 2.22. The van der Waals surface area contributed by atoms with Gasteiger partial charge in [-0.15, -0.1) is 0 Å². The van der Waals surface area contributed by atoms with Crippen LogP contribution in [0.4, 0.5) is 11.5 Å². The Morgan fingerprint density at radius 3 is 2.72 bits per heavy atom. The minimum atomic E-state index is -3.91. The van der Waals surface area contributed by atoms with Gasteiger partial charge in [-0.3, -0.25) is 4.79 Å². The van der Waals surface area contributed by atoms with Gasteiger partial charge in [0.25, 0.3) is 5.91 Å². The molecule has 0 spiro atoms. The molecule has 10 nitrogen and oxygen atoms in total. The molecule has 0 aliphatic carbocycles. The van der Waals surface area contributed by atoms with E-state index in [2.05, 4.69) is 10.3 Å². The molecule has 1 heterocycles. The van der Waals surface area contributed by atoms with Crippen LogP contribution in [0, 0.1) is 10.1 Å². The van der Waals surface area contributed by atoms with Gasteiger partial charge in [-0.2, -0.15) is 0 Å². The van der Waals surface area contributed by atoms with Gasteiger partial charge in [0.1, 0.15) is 6.20 Å². The number of nitrogens with zero attached hydrogens (tertiary/aromatic N) is 2. The molecule has 1 aromatic carbocycles. The van der Waals surface area contributed by atoms with Crippen molar-refractivity contribution in [3.63, 3.8) is 0 Å². The van der Waals surface area contributed by atoms with Crippen LogP contribution in [0.1, 0.15) is 6.92 Å². The maximum atomic E-state index is 12.2. The monoisotopic (exact) mass is 366 g/mol. The zero-order chi connectivity index (χ0) is 18.6. The molecule has 0 aliphatic rings. The van der Waals surface area contributed by atoms with E-state index in [1.54, 1.807) is 0 Å². The second kappa shape index (κ2) is 7.23. The molecule has 0 saturated heterocycles. The van der Waals surface area contributed by atoms with Gasteiger partial charge >= 0.3 is 5.82 Å². The molecule has 2 aromatic rings. The molecule has 0 fully saturated rings. The third-order valence-electron chi connectivity index (χ3n) is 3.03. The summed E-state index contributed by atoms with van der Waals surface area (Å²) >= 11 is 0. The molecule has 132 valence electrons. The molecule has 0 radical (unpaired) electrons. The van der Waals surface area contributed by atoms with Gasteiger partial charge < -0.3 is 20.2 Å². The summed E-state index contributed by atoms with van der Waals surface area (Å²) in [7, 11) is -3.91. The van der Waals surface area contributed by atoms with Gasteiger partial charge in [0.05, 0.1) is 4.90 Å². The second-order valence-electron chi connectivity index (χ2n) is 4.90. The maximum Gasteiger partial charge on any atom is 0.406 e. The Morgan fingerprint density at radius 1 is 1.36 bits per heavy atom. The van der Waals surface area contributed by atoms with Crippen molar-refractivity contribution in [2.45, 2.75) is 17.9 Å². The quantitative estimate of drug-likeness (QED) is 0.571. The Bertz CT molecular complexity index is 915. The highest BCUT2D eigenvalue weighted by atomic mass is 32.2. The molecule has 0 unspecified atom stereocenters. The minimum absolute atomic E-state index is 0.159. The number of hydrogen-bond donors (Lipinski definition) is 2. The number of rotatable bonds is 6. The van der Waals surface area contributed by atoms with E-state index in [4.69, 9.17) is 9.88 Å². The first-order chi connectivity index (χ1) is 11.7. The maximum absolute atomic E-state index is 12.2. The Balaban J connectivity index is 2.13. The van der Waals surface area contributed by atoms with E-state index in [0.29, 0.717) is 0 Å². The number of hydrogen-bond acceptors (Lipinski definition) is 7. The fourth-order valence-electron chi connectivity index (χ4n) is 1.85. The normalized spacial score (nSPS) is 12.2. The van der Waals surface area contributed by atoms with Crippen LogP contribution in [0.3, 0.4) is 0 Å². The topological polar surface area (TPSA) is 155 Å². The fraction of sp³-hybridized carbons (Fsp3) is 0.143. The van der Waals surface area contributed by atoms with Crippen molar-refractivity contribution >= 4 is 27.4 Å². The second-order valence-corrected chi connectivity index (χ2v) is 6.47. The van der Waals surface area contributed by atoms with Crippen LogP contribution in [0.15, 0.2) is 47.5 Å². The Labute approximate surface area is 142 Å². The lowest BCUT2D eigenvalue weighted by molar-refractivity contribution is -0.390. The van der Waals surface area contributed by atoms with Gasteiger partial charge in [0.15, 0.2) is 6.10 Å². The van der Waals surface area contributed by atoms with Crippen molar-refractivity contribution in [2.75, 3.05) is 5.32 Å². The summed E-state index contributed by atoms with van der Waals surface area (Å²) < 4.78 is 27.9. The molecular weight excluding hydrogens is 352 g/mol. The zero-order valence-electron chi connectivity index (χ0n) is 12.9. The molecule has 3 N–H and O–H groups in total. The van der Waals surface area contributed by atoms with Crippen molar-refractivity contribution < 1.29 is 22.9 Å². The number of carbonyl (C=O) groups excluding carboxylic acids is 1. The smallest absolute Gasteiger partial charge is 0.406 e. The molecule has 25 heavy (non-hydrogen) atoms. The number of anilines is 1. The lowest BCUT2D eigenvalue weighted by Crippen LogP contribution is -2.30. The fourth-order valence-corrected chi connectivity index (χ4v) is 2.41. The number of carbonyl (C=O) groups is 1. The SMILES string of the molecule is C[C@H](Oc1cccnc1[N+](=O)[O-])C(=O)Nc1cccc(S(N)(=O)=O)c1. The standard InChI is InChI=1S/C14H14N4O6S/c1-9(24-12-6-3-7-16-13(12)18(20)21)14(19)17-10-4-2-5-11(8-10)25(15,22)23/h2-9H,1H3,(H,17,19)(H2,15,22,23)/t9-/m0/s1. The first-order valence-electron chi connectivity index (χ1n) is 6.88. The van der Waals surface area contributed by atoms with Crippen LogP contribution in [-0.4, -0.2) is 30.3 Å². The lowest BCUT2D eigenvalue weighted by atomic mass is 10.3. The molecule has 0 bridgehead atoms. The van der Waals surface area contributed by atoms with E-state index in [1.165, 1.54) is 49.5 Å². The number of ether oxygens (including phenoxy) is 1. The van der Waals surface area contributed by atoms with Crippen molar-refractivity contribution in [3.05, 3.63) is 52.7 Å². The molecule has 0 saturated carbocycles. The summed E-state index contributed by atoms with van der Waals surface area (Å²) in [6.07, 6.45) is 0.134.